The first-order valence-corrected chi connectivity index (χ1v) is 6.68. The average molecular weight is 302 g/mol. The first-order chi connectivity index (χ1) is 9.99. The van der Waals surface area contributed by atoms with E-state index in [1.54, 1.807) is 0 Å². The third-order valence-corrected chi connectivity index (χ3v) is 3.80. The zero-order chi connectivity index (χ0) is 15.1. The number of aryl methyl sites for hydroxylation is 2. The summed E-state index contributed by atoms with van der Waals surface area (Å²) in [5.41, 5.74) is 8.86. The Morgan fingerprint density at radius 1 is 1.33 bits per heavy atom. The highest BCUT2D eigenvalue weighted by Crippen LogP contribution is 2.32. The predicted molar refractivity (Wildman–Crippen MR) is 80.2 cm³/mol. The number of carbonyl (C=O) groups is 1. The van der Waals surface area contributed by atoms with E-state index in [4.69, 9.17) is 21.9 Å². The van der Waals surface area contributed by atoms with E-state index in [-0.39, 0.29) is 5.56 Å². The zero-order valence-electron chi connectivity index (χ0n) is 11.5. The number of aromatic nitrogens is 2. The molecule has 3 rings (SSSR count). The maximum Gasteiger partial charge on any atom is 0.251 e. The van der Waals surface area contributed by atoms with Crippen molar-refractivity contribution in [2.24, 2.45) is 5.73 Å². The summed E-state index contributed by atoms with van der Waals surface area (Å²) in [5, 5.41) is 4.95. The molecule has 2 heterocycles. The third kappa shape index (κ3) is 2.15. The molecule has 0 spiro atoms. The van der Waals surface area contributed by atoms with Crippen LogP contribution in [0.1, 0.15) is 21.8 Å². The lowest BCUT2D eigenvalue weighted by Crippen LogP contribution is -2.12. The monoisotopic (exact) mass is 301 g/mol. The van der Waals surface area contributed by atoms with Crippen molar-refractivity contribution in [2.45, 2.75) is 13.8 Å². The van der Waals surface area contributed by atoms with E-state index in [1.807, 2.05) is 32.0 Å². The van der Waals surface area contributed by atoms with Gasteiger partial charge in [-0.3, -0.25) is 9.78 Å². The summed E-state index contributed by atoms with van der Waals surface area (Å²) in [4.78, 5) is 15.5. The topological polar surface area (TPSA) is 82.0 Å². The first-order valence-electron chi connectivity index (χ1n) is 6.30. The molecule has 5 nitrogen and oxygen atoms in total. The maximum absolute atomic E-state index is 11.3. The van der Waals surface area contributed by atoms with Crippen LogP contribution >= 0.6 is 11.6 Å². The molecule has 1 amide bonds. The normalized spacial score (nSPS) is 11.0. The Labute approximate surface area is 125 Å². The van der Waals surface area contributed by atoms with Gasteiger partial charge in [0.15, 0.2) is 0 Å². The summed E-state index contributed by atoms with van der Waals surface area (Å²) < 4.78 is 5.18. The highest BCUT2D eigenvalue weighted by molar-refractivity contribution is 6.38. The number of primary amides is 1. The van der Waals surface area contributed by atoms with Gasteiger partial charge in [0.25, 0.3) is 5.91 Å². The SMILES string of the molecule is Cc1noc(C)c1-c1ccc2c(Cl)c(C(N)=O)cnc2c1. The van der Waals surface area contributed by atoms with Crippen molar-refractivity contribution in [1.29, 1.82) is 0 Å². The molecule has 0 radical (unpaired) electrons. The fourth-order valence-electron chi connectivity index (χ4n) is 2.38. The number of pyridine rings is 1. The van der Waals surface area contributed by atoms with E-state index < -0.39 is 5.91 Å². The van der Waals surface area contributed by atoms with Crippen LogP contribution in [0.15, 0.2) is 28.9 Å². The van der Waals surface area contributed by atoms with Gasteiger partial charge in [-0.2, -0.15) is 0 Å². The summed E-state index contributed by atoms with van der Waals surface area (Å²) in [6, 6.07) is 5.60. The van der Waals surface area contributed by atoms with Crippen LogP contribution in [0, 0.1) is 13.8 Å². The van der Waals surface area contributed by atoms with Gasteiger partial charge in [0.2, 0.25) is 0 Å². The van der Waals surface area contributed by atoms with Gasteiger partial charge in [0.1, 0.15) is 5.76 Å². The molecule has 1 aromatic carbocycles. The molecule has 106 valence electrons. The lowest BCUT2D eigenvalue weighted by molar-refractivity contribution is 0.100. The Morgan fingerprint density at radius 3 is 2.71 bits per heavy atom. The average Bonchev–Trinajstić information content (AvgIpc) is 2.77. The van der Waals surface area contributed by atoms with Crippen LogP contribution in [0.4, 0.5) is 0 Å². The molecule has 2 aromatic heterocycles. The van der Waals surface area contributed by atoms with Crippen LogP contribution in [0.5, 0.6) is 0 Å². The molecule has 0 aliphatic rings. The van der Waals surface area contributed by atoms with Gasteiger partial charge in [-0.25, -0.2) is 0 Å². The second kappa shape index (κ2) is 4.86. The summed E-state index contributed by atoms with van der Waals surface area (Å²) in [7, 11) is 0. The Morgan fingerprint density at radius 2 is 2.10 bits per heavy atom. The summed E-state index contributed by atoms with van der Waals surface area (Å²) in [6.45, 7) is 3.74. The molecule has 0 atom stereocenters. The van der Waals surface area contributed by atoms with E-state index in [9.17, 15) is 4.79 Å². The second-order valence-corrected chi connectivity index (χ2v) is 5.16. The van der Waals surface area contributed by atoms with Crippen molar-refractivity contribution in [3.8, 4) is 11.1 Å². The number of hydrogen-bond acceptors (Lipinski definition) is 4. The molecule has 0 bridgehead atoms. The van der Waals surface area contributed by atoms with Gasteiger partial charge in [-0.15, -0.1) is 0 Å². The lowest BCUT2D eigenvalue weighted by Gasteiger charge is -2.06. The number of halogens is 1. The highest BCUT2D eigenvalue weighted by Gasteiger charge is 2.15. The van der Waals surface area contributed by atoms with E-state index in [1.165, 1.54) is 6.20 Å². The number of benzene rings is 1. The van der Waals surface area contributed by atoms with Crippen LogP contribution in [-0.2, 0) is 0 Å². The lowest BCUT2D eigenvalue weighted by atomic mass is 10.0. The molecule has 0 saturated carbocycles. The molecule has 0 unspecified atom stereocenters. The van der Waals surface area contributed by atoms with Gasteiger partial charge < -0.3 is 10.3 Å². The van der Waals surface area contributed by atoms with Crippen molar-refractivity contribution in [3.63, 3.8) is 0 Å². The molecule has 6 heteroatoms. The molecule has 0 saturated heterocycles. The molecule has 0 aliphatic heterocycles. The second-order valence-electron chi connectivity index (χ2n) is 4.78. The molecule has 0 aliphatic carbocycles. The zero-order valence-corrected chi connectivity index (χ0v) is 12.2. The Kier molecular flexibility index (Phi) is 3.14. The summed E-state index contributed by atoms with van der Waals surface area (Å²) in [5.74, 6) is 0.149. The van der Waals surface area contributed by atoms with E-state index in [0.29, 0.717) is 15.9 Å². The van der Waals surface area contributed by atoms with Gasteiger partial charge in [0.05, 0.1) is 21.8 Å². The quantitative estimate of drug-likeness (QED) is 0.787. The van der Waals surface area contributed by atoms with E-state index in [2.05, 4.69) is 10.1 Å². The fraction of sp³-hybridized carbons (Fsp3) is 0.133. The molecule has 0 fully saturated rings. The minimum atomic E-state index is -0.593. The summed E-state index contributed by atoms with van der Waals surface area (Å²) in [6.07, 6.45) is 1.39. The van der Waals surface area contributed by atoms with Crippen molar-refractivity contribution < 1.29 is 9.32 Å². The number of fused-ring (bicyclic) bond motifs is 1. The third-order valence-electron chi connectivity index (χ3n) is 3.39. The van der Waals surface area contributed by atoms with Crippen LogP contribution < -0.4 is 5.73 Å². The van der Waals surface area contributed by atoms with Crippen LogP contribution in [0.2, 0.25) is 5.02 Å². The van der Waals surface area contributed by atoms with E-state index >= 15 is 0 Å². The number of nitrogens with two attached hydrogens (primary N) is 1. The summed E-state index contributed by atoms with van der Waals surface area (Å²) >= 11 is 6.20. The predicted octanol–water partition coefficient (Wildman–Crippen LogP) is 3.26. The number of nitrogens with zero attached hydrogens (tertiary/aromatic N) is 2. The van der Waals surface area contributed by atoms with Crippen LogP contribution in [-0.4, -0.2) is 16.0 Å². The smallest absolute Gasteiger partial charge is 0.251 e. The van der Waals surface area contributed by atoms with Gasteiger partial charge in [-0.05, 0) is 25.5 Å². The molecule has 3 aromatic rings. The number of amides is 1. The molecule has 2 N–H and O–H groups in total. The minimum absolute atomic E-state index is 0.217. The largest absolute Gasteiger partial charge is 0.366 e. The van der Waals surface area contributed by atoms with Crippen molar-refractivity contribution in [1.82, 2.24) is 10.1 Å². The van der Waals surface area contributed by atoms with Crippen LogP contribution in [0.3, 0.4) is 0 Å². The first kappa shape index (κ1) is 13.6. The number of rotatable bonds is 2. The standard InChI is InChI=1S/C15H12ClN3O2/c1-7-13(8(2)21-19-7)9-3-4-10-12(5-9)18-6-11(14(10)16)15(17)20/h3-6H,1-2H3,(H2,17,20). The van der Waals surface area contributed by atoms with Gasteiger partial charge >= 0.3 is 0 Å². The van der Waals surface area contributed by atoms with Crippen molar-refractivity contribution in [2.75, 3.05) is 0 Å². The van der Waals surface area contributed by atoms with Gasteiger partial charge in [-0.1, -0.05) is 28.9 Å². The van der Waals surface area contributed by atoms with Gasteiger partial charge in [0, 0.05) is 17.1 Å². The van der Waals surface area contributed by atoms with E-state index in [0.717, 1.165) is 22.6 Å². The number of carbonyl (C=O) groups excluding carboxylic acids is 1. The molecular formula is C15H12ClN3O2. The maximum atomic E-state index is 11.3. The van der Waals surface area contributed by atoms with Crippen LogP contribution in [0.25, 0.3) is 22.0 Å². The van der Waals surface area contributed by atoms with Crippen molar-refractivity contribution >= 4 is 28.4 Å². The molecular weight excluding hydrogens is 290 g/mol. The Balaban J connectivity index is 2.23. The number of hydrogen-bond donors (Lipinski definition) is 1. The Bertz CT molecular complexity index is 851. The fourth-order valence-corrected chi connectivity index (χ4v) is 2.68. The Hall–Kier alpha value is -2.40. The highest BCUT2D eigenvalue weighted by atomic mass is 35.5. The van der Waals surface area contributed by atoms with Crippen molar-refractivity contribution in [3.05, 3.63) is 46.4 Å². The molecule has 21 heavy (non-hydrogen) atoms. The minimum Gasteiger partial charge on any atom is -0.366 e.